The van der Waals surface area contributed by atoms with Gasteiger partial charge in [-0.25, -0.2) is 0 Å². The van der Waals surface area contributed by atoms with Crippen LogP contribution in [0.2, 0.25) is 0 Å². The Morgan fingerprint density at radius 2 is 2.37 bits per heavy atom. The monoisotopic (exact) mass is 270 g/mol. The summed E-state index contributed by atoms with van der Waals surface area (Å²) in [5.74, 6) is 0.569. The quantitative estimate of drug-likeness (QED) is 0.668. The summed E-state index contributed by atoms with van der Waals surface area (Å²) in [5.41, 5.74) is 0. The molecule has 2 heterocycles. The van der Waals surface area contributed by atoms with Crippen LogP contribution in [0.3, 0.4) is 0 Å². The van der Waals surface area contributed by atoms with E-state index in [1.165, 1.54) is 0 Å². The Labute approximate surface area is 115 Å². The van der Waals surface area contributed by atoms with Crippen LogP contribution in [0.4, 0.5) is 0 Å². The number of hydrogen-bond donors (Lipinski definition) is 2. The molecule has 0 aromatic heterocycles. The van der Waals surface area contributed by atoms with Gasteiger partial charge in [0, 0.05) is 19.8 Å². The lowest BCUT2D eigenvalue weighted by atomic mass is 10.0. The molecule has 0 radical (unpaired) electrons. The maximum atomic E-state index is 11.9. The first-order valence-electron chi connectivity index (χ1n) is 7.48. The molecule has 5 heteroatoms. The van der Waals surface area contributed by atoms with Crippen LogP contribution in [0.5, 0.6) is 0 Å². The molecule has 1 amide bonds. The van der Waals surface area contributed by atoms with Gasteiger partial charge >= 0.3 is 0 Å². The summed E-state index contributed by atoms with van der Waals surface area (Å²) in [7, 11) is 0. The molecule has 3 atom stereocenters. The largest absolute Gasteiger partial charge is 0.379 e. The summed E-state index contributed by atoms with van der Waals surface area (Å²) in [6.07, 6.45) is 4.50. The zero-order chi connectivity index (χ0) is 13.5. The molecule has 0 aromatic rings. The maximum Gasteiger partial charge on any atom is 0.237 e. The Morgan fingerprint density at radius 1 is 1.47 bits per heavy atom. The number of ether oxygens (including phenoxy) is 2. The van der Waals surface area contributed by atoms with E-state index in [4.69, 9.17) is 9.47 Å². The lowest BCUT2D eigenvalue weighted by molar-refractivity contribution is -0.123. The van der Waals surface area contributed by atoms with E-state index < -0.39 is 0 Å². The Bertz CT molecular complexity index is 280. The van der Waals surface area contributed by atoms with Crippen LogP contribution < -0.4 is 10.6 Å². The van der Waals surface area contributed by atoms with E-state index in [1.807, 2.05) is 0 Å². The highest BCUT2D eigenvalue weighted by atomic mass is 16.5. The highest BCUT2D eigenvalue weighted by molar-refractivity contribution is 5.82. The predicted molar refractivity (Wildman–Crippen MR) is 73.0 cm³/mol. The smallest absolute Gasteiger partial charge is 0.237 e. The molecule has 19 heavy (non-hydrogen) atoms. The molecule has 2 saturated heterocycles. The molecular weight excluding hydrogens is 244 g/mol. The predicted octanol–water partition coefficient (Wildman–Crippen LogP) is 0.686. The number of nitrogens with one attached hydrogen (secondary N) is 2. The van der Waals surface area contributed by atoms with Gasteiger partial charge in [0.1, 0.15) is 0 Å². The minimum atomic E-state index is -0.00666. The Kier molecular flexibility index (Phi) is 6.07. The van der Waals surface area contributed by atoms with Crippen molar-refractivity contribution in [1.29, 1.82) is 0 Å². The molecular formula is C14H26N2O3. The van der Waals surface area contributed by atoms with Crippen molar-refractivity contribution in [3.8, 4) is 0 Å². The first kappa shape index (κ1) is 14.8. The van der Waals surface area contributed by atoms with Crippen LogP contribution in [0, 0.1) is 5.92 Å². The third-order valence-electron chi connectivity index (χ3n) is 3.91. The second kappa shape index (κ2) is 7.82. The molecule has 0 aromatic carbocycles. The fourth-order valence-corrected chi connectivity index (χ4v) is 2.67. The van der Waals surface area contributed by atoms with Gasteiger partial charge in [0.25, 0.3) is 0 Å². The van der Waals surface area contributed by atoms with E-state index in [1.54, 1.807) is 0 Å². The molecule has 3 unspecified atom stereocenters. The number of carbonyl (C=O) groups excluding carboxylic acids is 1. The molecule has 2 aliphatic heterocycles. The molecule has 2 rings (SSSR count). The van der Waals surface area contributed by atoms with E-state index >= 15 is 0 Å². The molecule has 5 nitrogen and oxygen atoms in total. The van der Waals surface area contributed by atoms with E-state index in [0.29, 0.717) is 25.7 Å². The number of hydrogen-bond acceptors (Lipinski definition) is 4. The lowest BCUT2D eigenvalue weighted by Gasteiger charge is -2.15. The molecule has 0 spiro atoms. The van der Waals surface area contributed by atoms with Gasteiger partial charge in [0.2, 0.25) is 5.91 Å². The molecule has 0 aliphatic carbocycles. The van der Waals surface area contributed by atoms with Crippen LogP contribution in [-0.2, 0) is 14.3 Å². The average Bonchev–Trinajstić information content (AvgIpc) is 3.04. The molecule has 110 valence electrons. The Morgan fingerprint density at radius 3 is 3.05 bits per heavy atom. The Hall–Kier alpha value is -0.650. The number of carbonyl (C=O) groups is 1. The SMILES string of the molecule is CC1CCNC1C(=O)NCCCOCC1CCCO1. The van der Waals surface area contributed by atoms with Gasteiger partial charge in [-0.05, 0) is 38.1 Å². The summed E-state index contributed by atoms with van der Waals surface area (Å²) < 4.78 is 11.0. The fourth-order valence-electron chi connectivity index (χ4n) is 2.67. The Balaban J connectivity index is 1.46. The fraction of sp³-hybridized carbons (Fsp3) is 0.929. The maximum absolute atomic E-state index is 11.9. The highest BCUT2D eigenvalue weighted by Crippen LogP contribution is 2.14. The normalized spacial score (nSPS) is 30.7. The zero-order valence-corrected chi connectivity index (χ0v) is 11.8. The molecule has 2 N–H and O–H groups in total. The van der Waals surface area contributed by atoms with Crippen molar-refractivity contribution in [3.05, 3.63) is 0 Å². The summed E-state index contributed by atoms with van der Waals surface area (Å²) >= 11 is 0. The zero-order valence-electron chi connectivity index (χ0n) is 11.8. The van der Waals surface area contributed by atoms with E-state index in [2.05, 4.69) is 17.6 Å². The van der Waals surface area contributed by atoms with Crippen molar-refractivity contribution in [3.63, 3.8) is 0 Å². The van der Waals surface area contributed by atoms with Crippen molar-refractivity contribution in [2.24, 2.45) is 5.92 Å². The van der Waals surface area contributed by atoms with Gasteiger partial charge in [-0.15, -0.1) is 0 Å². The number of amides is 1. The second-order valence-electron chi connectivity index (χ2n) is 5.55. The van der Waals surface area contributed by atoms with Gasteiger partial charge in [0.15, 0.2) is 0 Å². The van der Waals surface area contributed by atoms with Crippen molar-refractivity contribution in [2.45, 2.75) is 44.8 Å². The summed E-state index contributed by atoms with van der Waals surface area (Å²) in [5, 5.41) is 6.21. The molecule has 2 aliphatic rings. The van der Waals surface area contributed by atoms with Crippen LogP contribution >= 0.6 is 0 Å². The standard InChI is InChI=1S/C14H26N2O3/c1-11-5-7-15-13(11)14(17)16-6-3-8-18-10-12-4-2-9-19-12/h11-13,15H,2-10H2,1H3,(H,16,17). The summed E-state index contributed by atoms with van der Waals surface area (Å²) in [6, 6.07) is -0.00666. The van der Waals surface area contributed by atoms with Gasteiger partial charge in [0.05, 0.1) is 18.8 Å². The van der Waals surface area contributed by atoms with Gasteiger partial charge in [-0.1, -0.05) is 6.92 Å². The van der Waals surface area contributed by atoms with Crippen LogP contribution in [0.15, 0.2) is 0 Å². The van der Waals surface area contributed by atoms with Crippen molar-refractivity contribution < 1.29 is 14.3 Å². The third-order valence-corrected chi connectivity index (χ3v) is 3.91. The first-order chi connectivity index (χ1) is 9.27. The summed E-state index contributed by atoms with van der Waals surface area (Å²) in [6.45, 7) is 6.01. The van der Waals surface area contributed by atoms with Gasteiger partial charge < -0.3 is 20.1 Å². The highest BCUT2D eigenvalue weighted by Gasteiger charge is 2.28. The van der Waals surface area contributed by atoms with Gasteiger partial charge in [-0.3, -0.25) is 4.79 Å². The third kappa shape index (κ3) is 4.75. The van der Waals surface area contributed by atoms with Crippen molar-refractivity contribution in [1.82, 2.24) is 10.6 Å². The first-order valence-corrected chi connectivity index (χ1v) is 7.48. The van der Waals surface area contributed by atoms with Crippen LogP contribution in [-0.4, -0.2) is 51.0 Å². The minimum absolute atomic E-state index is 0.00666. The number of rotatable bonds is 7. The van der Waals surface area contributed by atoms with Crippen molar-refractivity contribution >= 4 is 5.91 Å². The molecule has 2 fully saturated rings. The minimum Gasteiger partial charge on any atom is -0.379 e. The second-order valence-corrected chi connectivity index (χ2v) is 5.55. The van der Waals surface area contributed by atoms with E-state index in [-0.39, 0.29) is 18.1 Å². The van der Waals surface area contributed by atoms with Gasteiger partial charge in [-0.2, -0.15) is 0 Å². The topological polar surface area (TPSA) is 59.6 Å². The summed E-state index contributed by atoms with van der Waals surface area (Å²) in [4.78, 5) is 11.9. The van der Waals surface area contributed by atoms with Crippen molar-refractivity contribution in [2.75, 3.05) is 32.9 Å². The molecule has 0 saturated carbocycles. The molecule has 0 bridgehead atoms. The van der Waals surface area contributed by atoms with E-state index in [9.17, 15) is 4.79 Å². The van der Waals surface area contributed by atoms with Crippen LogP contribution in [0.25, 0.3) is 0 Å². The lowest BCUT2D eigenvalue weighted by Crippen LogP contribution is -2.43. The van der Waals surface area contributed by atoms with E-state index in [0.717, 1.165) is 38.8 Å². The average molecular weight is 270 g/mol. The van der Waals surface area contributed by atoms with Crippen LogP contribution in [0.1, 0.15) is 32.6 Å².